The van der Waals surface area contributed by atoms with Gasteiger partial charge in [-0.1, -0.05) is 277 Å². The molecule has 2 saturated heterocycles. The van der Waals surface area contributed by atoms with Crippen LogP contribution in [0.15, 0.2) is 12.2 Å². The number of aliphatic hydroxyl groups is 10. The topological polar surface area (TPSA) is 374 Å². The number of rotatable bonds is 64. The predicted octanol–water partition coefficient (Wildman–Crippen LogP) is 12.3. The maximum atomic E-state index is 14.4. The van der Waals surface area contributed by atoms with Crippen molar-refractivity contribution in [1.29, 1.82) is 0 Å². The van der Waals surface area contributed by atoms with Gasteiger partial charge in [0.1, 0.15) is 98.7 Å². The van der Waals surface area contributed by atoms with Gasteiger partial charge in [-0.25, -0.2) is 4.57 Å². The number of hydrogen-bond acceptors (Lipinski definition) is 23. The molecular weight excluding hydrogens is 1340 g/mol. The molecule has 0 bridgehead atoms. The van der Waals surface area contributed by atoms with Crippen LogP contribution in [0.25, 0.3) is 0 Å². The first-order valence-corrected chi connectivity index (χ1v) is 42.0. The Kier molecular flexibility index (Phi) is 54.0. The van der Waals surface area contributed by atoms with Crippen molar-refractivity contribution in [2.24, 2.45) is 0 Å². The van der Waals surface area contributed by atoms with Crippen LogP contribution >= 0.6 is 7.82 Å². The molecule has 24 nitrogen and oxygen atoms in total. The lowest BCUT2D eigenvalue weighted by Gasteiger charge is -2.49. The summed E-state index contributed by atoms with van der Waals surface area (Å²) in [5.41, 5.74) is 0. The van der Waals surface area contributed by atoms with E-state index in [1.54, 1.807) is 0 Å². The van der Waals surface area contributed by atoms with Gasteiger partial charge >= 0.3 is 25.7 Å². The zero-order valence-corrected chi connectivity index (χ0v) is 63.8. The largest absolute Gasteiger partial charge is 0.472 e. The molecule has 25 heteroatoms. The van der Waals surface area contributed by atoms with Crippen LogP contribution in [-0.2, 0) is 61.2 Å². The van der Waals surface area contributed by atoms with Crippen molar-refractivity contribution < 1.29 is 117 Å². The normalized spacial score (nSPS) is 27.0. The lowest BCUT2D eigenvalue weighted by Crippen LogP contribution is -2.69. The molecule has 0 radical (unpaired) electrons. The van der Waals surface area contributed by atoms with Crippen LogP contribution in [0.5, 0.6) is 0 Å². The fourth-order valence-electron chi connectivity index (χ4n) is 13.5. The Bertz CT molecular complexity index is 2150. The van der Waals surface area contributed by atoms with Gasteiger partial charge in [0, 0.05) is 19.3 Å². The minimum absolute atomic E-state index is 0.00976. The molecule has 600 valence electrons. The molecule has 2 aliphatic heterocycles. The number of carbonyl (C=O) groups excluding carboxylic acids is 3. The van der Waals surface area contributed by atoms with Crippen LogP contribution in [0, 0.1) is 0 Å². The van der Waals surface area contributed by atoms with Crippen molar-refractivity contribution in [3.05, 3.63) is 12.2 Å². The van der Waals surface area contributed by atoms with E-state index in [1.807, 2.05) is 0 Å². The van der Waals surface area contributed by atoms with Gasteiger partial charge in [0.05, 0.1) is 13.2 Å². The average Bonchev–Trinajstić information content (AvgIpc) is 0.761. The highest BCUT2D eigenvalue weighted by Gasteiger charge is 2.58. The summed E-state index contributed by atoms with van der Waals surface area (Å²) < 4.78 is 65.2. The molecule has 102 heavy (non-hydrogen) atoms. The van der Waals surface area contributed by atoms with Gasteiger partial charge in [-0.2, -0.15) is 0 Å². The van der Waals surface area contributed by atoms with Gasteiger partial charge < -0.3 is 89.1 Å². The van der Waals surface area contributed by atoms with E-state index in [4.69, 9.17) is 42.2 Å². The Balaban J connectivity index is 1.71. The summed E-state index contributed by atoms with van der Waals surface area (Å²) in [5.74, 6) is -1.99. The van der Waals surface area contributed by atoms with Gasteiger partial charge in [0.2, 0.25) is 0 Å². The molecular formula is C77H143O24P. The number of hydrogen-bond donors (Lipinski definition) is 11. The predicted molar refractivity (Wildman–Crippen MR) is 388 cm³/mol. The molecule has 0 aromatic rings. The molecule has 18 unspecified atom stereocenters. The van der Waals surface area contributed by atoms with Crippen molar-refractivity contribution in [1.82, 2.24) is 0 Å². The molecule has 1 aliphatic carbocycles. The van der Waals surface area contributed by atoms with E-state index < -0.39 is 156 Å². The summed E-state index contributed by atoms with van der Waals surface area (Å²) in [6.45, 7) is 3.49. The molecule has 1 saturated carbocycles. The monoisotopic (exact) mass is 1480 g/mol. The van der Waals surface area contributed by atoms with E-state index in [-0.39, 0.29) is 19.3 Å². The highest BCUT2D eigenvalue weighted by atomic mass is 31.2. The lowest BCUT2D eigenvalue weighted by molar-refractivity contribution is -0.360. The second-order valence-corrected chi connectivity index (χ2v) is 30.5. The molecule has 0 aromatic heterocycles. The van der Waals surface area contributed by atoms with E-state index in [2.05, 4.69) is 32.9 Å². The fourth-order valence-corrected chi connectivity index (χ4v) is 14.4. The van der Waals surface area contributed by atoms with Crippen LogP contribution in [0.1, 0.15) is 329 Å². The van der Waals surface area contributed by atoms with E-state index >= 15 is 0 Å². The summed E-state index contributed by atoms with van der Waals surface area (Å²) in [6.07, 6.45) is 19.6. The number of allylic oxidation sites excluding steroid dienone is 2. The Morgan fingerprint density at radius 3 is 1.07 bits per heavy atom. The molecule has 18 atom stereocenters. The van der Waals surface area contributed by atoms with Gasteiger partial charge in [0.15, 0.2) is 18.7 Å². The molecule has 0 spiro atoms. The van der Waals surface area contributed by atoms with Crippen molar-refractivity contribution in [2.45, 2.75) is 433 Å². The SMILES string of the molecule is CCCCCCCCC/C=C\CCCCCC(=O)OCC1OC(OC2C(O)C(O)C(O)C(OC3OC(CO)C(O)C(O)C3O)C2OP(=O)(O)OCC(COC(=O)CCCCCCCCCCCCCCCCCC)OC(=O)CCCCCCCCCCCCCCCCCCC)C(O)C(O)C1O. The third-order valence-corrected chi connectivity index (χ3v) is 21.0. The first kappa shape index (κ1) is 93.9. The van der Waals surface area contributed by atoms with Crippen LogP contribution in [0.3, 0.4) is 0 Å². The second-order valence-electron chi connectivity index (χ2n) is 29.1. The summed E-state index contributed by atoms with van der Waals surface area (Å²) in [6, 6.07) is 0. The van der Waals surface area contributed by atoms with E-state index in [0.29, 0.717) is 19.3 Å². The first-order valence-electron chi connectivity index (χ1n) is 40.5. The molecule has 11 N–H and O–H groups in total. The van der Waals surface area contributed by atoms with Crippen LogP contribution in [0.4, 0.5) is 0 Å². The first-order chi connectivity index (χ1) is 49.3. The number of esters is 3. The van der Waals surface area contributed by atoms with Crippen molar-refractivity contribution in [2.75, 3.05) is 26.4 Å². The van der Waals surface area contributed by atoms with E-state index in [0.717, 1.165) is 89.9 Å². The maximum Gasteiger partial charge on any atom is 0.472 e. The molecule has 3 aliphatic rings. The fraction of sp³-hybridized carbons (Fsp3) is 0.935. The van der Waals surface area contributed by atoms with Gasteiger partial charge in [-0.05, 0) is 44.9 Å². The number of carbonyl (C=O) groups is 3. The van der Waals surface area contributed by atoms with Crippen molar-refractivity contribution >= 4 is 25.7 Å². The standard InChI is InChI=1S/C77H143O24P/c1-4-7-10-13-16-19-22-25-28-30-32-35-38-41-44-47-50-53-63(81)96-58(55-93-61(79)51-48-45-42-39-37-34-31-29-26-23-20-17-14-11-8-5-2)56-95-102(91,92)101-75-73(99-76-71(89)66(84)64(82)59(54-78)97-76)69(87)68(86)70(88)74(75)100-77-72(90)67(85)65(83)60(98-77)57-94-62(80)52-49-46-43-40-36-33-27-24-21-18-15-12-9-6-3/h33,36,58-60,64-78,82-90H,4-32,34-35,37-57H2,1-3H3,(H,91,92)/b36-33-. The summed E-state index contributed by atoms with van der Waals surface area (Å²) in [7, 11) is -5.70. The third-order valence-electron chi connectivity index (χ3n) is 20.0. The number of aliphatic hydroxyl groups excluding tert-OH is 10. The molecule has 3 fully saturated rings. The van der Waals surface area contributed by atoms with E-state index in [1.165, 1.54) is 180 Å². The molecule has 0 amide bonds. The minimum Gasteiger partial charge on any atom is -0.463 e. The molecule has 3 rings (SSSR count). The van der Waals surface area contributed by atoms with Gasteiger partial charge in [-0.15, -0.1) is 0 Å². The van der Waals surface area contributed by atoms with Crippen molar-refractivity contribution in [3.8, 4) is 0 Å². The zero-order chi connectivity index (χ0) is 74.6. The quantitative estimate of drug-likeness (QED) is 0.00886. The Morgan fingerprint density at radius 1 is 0.373 bits per heavy atom. The molecule has 2 heterocycles. The Labute approximate surface area is 612 Å². The second kappa shape index (κ2) is 58.7. The number of ether oxygens (including phenoxy) is 7. The number of phosphoric ester groups is 1. The van der Waals surface area contributed by atoms with Crippen LogP contribution in [-0.4, -0.2) is 204 Å². The highest BCUT2D eigenvalue weighted by molar-refractivity contribution is 7.47. The zero-order valence-electron chi connectivity index (χ0n) is 62.9. The number of phosphoric acid groups is 1. The summed E-state index contributed by atoms with van der Waals surface area (Å²) in [4.78, 5) is 51.1. The smallest absolute Gasteiger partial charge is 0.463 e. The van der Waals surface area contributed by atoms with Crippen LogP contribution < -0.4 is 0 Å². The van der Waals surface area contributed by atoms with E-state index in [9.17, 15) is 74.9 Å². The molecule has 0 aromatic carbocycles. The van der Waals surface area contributed by atoms with Gasteiger partial charge in [0.25, 0.3) is 0 Å². The third kappa shape index (κ3) is 40.8. The summed E-state index contributed by atoms with van der Waals surface area (Å²) >= 11 is 0. The minimum atomic E-state index is -5.70. The lowest BCUT2D eigenvalue weighted by atomic mass is 9.84. The maximum absolute atomic E-state index is 14.4. The van der Waals surface area contributed by atoms with Crippen LogP contribution in [0.2, 0.25) is 0 Å². The van der Waals surface area contributed by atoms with Gasteiger partial charge in [-0.3, -0.25) is 23.4 Å². The number of unbranched alkanes of at least 4 members (excludes halogenated alkanes) is 41. The average molecular weight is 1480 g/mol. The van der Waals surface area contributed by atoms with Crippen molar-refractivity contribution in [3.63, 3.8) is 0 Å². The Morgan fingerprint density at radius 2 is 0.686 bits per heavy atom. The summed E-state index contributed by atoms with van der Waals surface area (Å²) in [5, 5.41) is 110. The highest BCUT2D eigenvalue weighted by Crippen LogP contribution is 2.49. The Hall–Kier alpha value is -2.30.